The van der Waals surface area contributed by atoms with Crippen LogP contribution in [-0.4, -0.2) is 80.5 Å². The maximum atomic E-state index is 12.8. The van der Waals surface area contributed by atoms with E-state index in [1.807, 2.05) is 0 Å². The highest BCUT2D eigenvalue weighted by molar-refractivity contribution is 7.46. The van der Waals surface area contributed by atoms with Crippen molar-refractivity contribution in [1.82, 2.24) is 0 Å². The van der Waals surface area contributed by atoms with Gasteiger partial charge in [0.1, 0.15) is 12.4 Å². The van der Waals surface area contributed by atoms with Gasteiger partial charge in [-0.3, -0.25) is 18.9 Å². The molecule has 1 unspecified atom stereocenters. The molecule has 334 valence electrons. The molecule has 0 saturated heterocycles. The number of unbranched alkanes of at least 4 members (excludes halogenated alkanes) is 16. The van der Waals surface area contributed by atoms with Crippen LogP contribution < -0.4 is 0 Å². The summed E-state index contributed by atoms with van der Waals surface area (Å²) in [5, 5.41) is 31.2. The van der Waals surface area contributed by atoms with E-state index >= 15 is 0 Å². The molecule has 57 heavy (non-hydrogen) atoms. The standard InChI is InChI=1S/C44H81O12P/c1-4-6-19-25-36(45)29-30-39-40(42(48)32-41(39)47)31-37(46)26-22-23-28-44(50)56-38(34-55-57(51,52)53)33-54-43(49)27-21-18-16-14-12-10-8-7-9-11-13-15-17-20-24-35(3)5-2/h29-30,35-36,38-42,45,47-48H,4-28,31-34H2,1-3H3,(H2,51,52,53)/b30-29+/t35?,36-,38+,39+,40+,41+,42-/m0/s1. The first-order chi connectivity index (χ1) is 27.2. The monoisotopic (exact) mass is 833 g/mol. The molecule has 1 saturated carbocycles. The van der Waals surface area contributed by atoms with E-state index in [1.165, 1.54) is 77.0 Å². The molecule has 0 aromatic carbocycles. The van der Waals surface area contributed by atoms with Crippen molar-refractivity contribution in [2.24, 2.45) is 17.8 Å². The number of Topliss-reactive ketones (excluding diaryl/α,β-unsaturated/α-hetero) is 1. The summed E-state index contributed by atoms with van der Waals surface area (Å²) in [7, 11) is -4.86. The van der Waals surface area contributed by atoms with E-state index in [2.05, 4.69) is 25.3 Å². The largest absolute Gasteiger partial charge is 0.469 e. The van der Waals surface area contributed by atoms with Gasteiger partial charge in [-0.05, 0) is 31.6 Å². The Morgan fingerprint density at radius 1 is 0.702 bits per heavy atom. The fraction of sp³-hybridized carbons (Fsp3) is 0.886. The lowest BCUT2D eigenvalue weighted by Gasteiger charge is -2.20. The van der Waals surface area contributed by atoms with Crippen LogP contribution in [0.2, 0.25) is 0 Å². The molecule has 0 amide bonds. The third-order valence-electron chi connectivity index (χ3n) is 11.3. The van der Waals surface area contributed by atoms with Crippen LogP contribution in [0.3, 0.4) is 0 Å². The number of phosphoric ester groups is 1. The minimum atomic E-state index is -4.86. The topological polar surface area (TPSA) is 197 Å². The molecule has 0 radical (unpaired) electrons. The first-order valence-electron chi connectivity index (χ1n) is 22.5. The number of hydrogen-bond donors (Lipinski definition) is 5. The molecule has 0 bridgehead atoms. The maximum absolute atomic E-state index is 12.8. The van der Waals surface area contributed by atoms with Crippen LogP contribution in [0.4, 0.5) is 0 Å². The third-order valence-corrected chi connectivity index (χ3v) is 11.8. The molecule has 0 aromatic rings. The van der Waals surface area contributed by atoms with E-state index in [9.17, 15) is 34.3 Å². The highest BCUT2D eigenvalue weighted by Gasteiger charge is 2.41. The van der Waals surface area contributed by atoms with E-state index in [0.717, 1.165) is 44.4 Å². The molecule has 1 aliphatic rings. The molecule has 12 nitrogen and oxygen atoms in total. The molecule has 0 aromatic heterocycles. The molecular formula is C44H81O12P. The molecule has 0 spiro atoms. The Labute approximate surface area is 344 Å². The van der Waals surface area contributed by atoms with Crippen molar-refractivity contribution >= 4 is 25.5 Å². The van der Waals surface area contributed by atoms with Gasteiger partial charge in [0.2, 0.25) is 0 Å². The van der Waals surface area contributed by atoms with Gasteiger partial charge < -0.3 is 34.6 Å². The van der Waals surface area contributed by atoms with Gasteiger partial charge in [0.05, 0.1) is 24.9 Å². The minimum absolute atomic E-state index is 0.0654. The SMILES string of the molecule is CCCCC[C@H](O)/C=C/[C@@H]1[C@@H](CC(=O)CCCCC(=O)O[C@H](COC(=O)CCCCCCCCCCCCCCCCC(C)CC)COP(=O)(O)O)[C@@H](O)C[C@H]1O. The van der Waals surface area contributed by atoms with Gasteiger partial charge in [-0.2, -0.15) is 0 Å². The second-order valence-corrected chi connectivity index (χ2v) is 17.8. The number of rotatable bonds is 37. The molecule has 0 heterocycles. The van der Waals surface area contributed by atoms with Gasteiger partial charge in [0.25, 0.3) is 0 Å². The number of carbonyl (C=O) groups is 3. The van der Waals surface area contributed by atoms with Crippen molar-refractivity contribution in [2.75, 3.05) is 13.2 Å². The molecule has 13 heteroatoms. The zero-order valence-corrected chi connectivity index (χ0v) is 36.6. The highest BCUT2D eigenvalue weighted by Crippen LogP contribution is 2.37. The average molecular weight is 833 g/mol. The molecule has 0 aliphatic heterocycles. The van der Waals surface area contributed by atoms with E-state index in [1.54, 1.807) is 12.2 Å². The quantitative estimate of drug-likeness (QED) is 0.0172. The molecule has 1 rings (SSSR count). The molecule has 1 aliphatic carbocycles. The molecular weight excluding hydrogens is 751 g/mol. The Balaban J connectivity index is 2.26. The van der Waals surface area contributed by atoms with E-state index in [4.69, 9.17) is 19.3 Å². The number of ether oxygens (including phenoxy) is 2. The van der Waals surface area contributed by atoms with Gasteiger partial charge in [0.15, 0.2) is 6.10 Å². The lowest BCUT2D eigenvalue weighted by atomic mass is 9.87. The molecule has 1 fully saturated rings. The third kappa shape index (κ3) is 29.2. The Morgan fingerprint density at radius 2 is 1.23 bits per heavy atom. The Morgan fingerprint density at radius 3 is 1.81 bits per heavy atom. The minimum Gasteiger partial charge on any atom is -0.462 e. The van der Waals surface area contributed by atoms with Crippen LogP contribution in [0, 0.1) is 17.8 Å². The van der Waals surface area contributed by atoms with E-state index < -0.39 is 69.2 Å². The first-order valence-corrected chi connectivity index (χ1v) is 24.1. The predicted octanol–water partition coefficient (Wildman–Crippen LogP) is 9.21. The van der Waals surface area contributed by atoms with Crippen LogP contribution in [0.1, 0.15) is 194 Å². The summed E-state index contributed by atoms with van der Waals surface area (Å²) in [6, 6.07) is 0. The Kier molecular flexibility index (Phi) is 31.0. The first kappa shape index (κ1) is 53.4. The average Bonchev–Trinajstić information content (AvgIpc) is 3.43. The van der Waals surface area contributed by atoms with Crippen LogP contribution in [-0.2, 0) is 32.9 Å². The Hall–Kier alpha value is -1.66. The van der Waals surface area contributed by atoms with Crippen molar-refractivity contribution in [3.8, 4) is 0 Å². The highest BCUT2D eigenvalue weighted by atomic mass is 31.2. The zero-order chi connectivity index (χ0) is 42.3. The fourth-order valence-electron chi connectivity index (χ4n) is 7.46. The lowest BCUT2D eigenvalue weighted by Crippen LogP contribution is -2.29. The summed E-state index contributed by atoms with van der Waals surface area (Å²) in [4.78, 5) is 55.9. The van der Waals surface area contributed by atoms with Gasteiger partial charge in [-0.1, -0.05) is 148 Å². The van der Waals surface area contributed by atoms with Crippen molar-refractivity contribution in [2.45, 2.75) is 219 Å². The number of aliphatic hydroxyl groups excluding tert-OH is 3. The number of aliphatic hydroxyl groups is 3. The van der Waals surface area contributed by atoms with Crippen molar-refractivity contribution < 1.29 is 58.1 Å². The van der Waals surface area contributed by atoms with Crippen molar-refractivity contribution in [1.29, 1.82) is 0 Å². The number of ketones is 1. The number of phosphoric acid groups is 1. The summed E-state index contributed by atoms with van der Waals surface area (Å²) < 4.78 is 26.4. The number of carbonyl (C=O) groups excluding carboxylic acids is 3. The van der Waals surface area contributed by atoms with Gasteiger partial charge in [0, 0.05) is 43.9 Å². The summed E-state index contributed by atoms with van der Waals surface area (Å²) in [5.74, 6) is -1.32. The normalized spacial score (nSPS) is 20.1. The van der Waals surface area contributed by atoms with Crippen LogP contribution in [0.5, 0.6) is 0 Å². The summed E-state index contributed by atoms with van der Waals surface area (Å²) in [6.07, 6.45) is 24.2. The number of hydrogen-bond acceptors (Lipinski definition) is 10. The maximum Gasteiger partial charge on any atom is 0.469 e. The van der Waals surface area contributed by atoms with Crippen LogP contribution >= 0.6 is 7.82 Å². The lowest BCUT2D eigenvalue weighted by molar-refractivity contribution is -0.161. The number of esters is 2. The van der Waals surface area contributed by atoms with E-state index in [-0.39, 0.29) is 37.9 Å². The van der Waals surface area contributed by atoms with Gasteiger partial charge in [-0.15, -0.1) is 0 Å². The summed E-state index contributed by atoms with van der Waals surface area (Å²) in [6.45, 7) is 5.65. The smallest absolute Gasteiger partial charge is 0.462 e. The second-order valence-electron chi connectivity index (χ2n) is 16.6. The van der Waals surface area contributed by atoms with Crippen molar-refractivity contribution in [3.63, 3.8) is 0 Å². The van der Waals surface area contributed by atoms with Crippen LogP contribution in [0.15, 0.2) is 12.2 Å². The van der Waals surface area contributed by atoms with Gasteiger partial charge >= 0.3 is 19.8 Å². The summed E-state index contributed by atoms with van der Waals surface area (Å²) in [5.41, 5.74) is 0. The second kappa shape index (κ2) is 33.1. The fourth-order valence-corrected chi connectivity index (χ4v) is 7.82. The Bertz CT molecular complexity index is 1130. The van der Waals surface area contributed by atoms with Crippen molar-refractivity contribution in [3.05, 3.63) is 12.2 Å². The predicted molar refractivity (Wildman–Crippen MR) is 223 cm³/mol. The molecule has 5 N–H and O–H groups in total. The van der Waals surface area contributed by atoms with Gasteiger partial charge in [-0.25, -0.2) is 4.57 Å². The summed E-state index contributed by atoms with van der Waals surface area (Å²) >= 11 is 0. The van der Waals surface area contributed by atoms with E-state index in [0.29, 0.717) is 25.7 Å². The van der Waals surface area contributed by atoms with Crippen LogP contribution in [0.25, 0.3) is 0 Å². The molecule has 7 atom stereocenters. The zero-order valence-electron chi connectivity index (χ0n) is 35.7.